The molecule has 3 aromatic rings. The summed E-state index contributed by atoms with van der Waals surface area (Å²) < 4.78 is 65.9. The summed E-state index contributed by atoms with van der Waals surface area (Å²) in [5.74, 6) is -1.88. The first kappa shape index (κ1) is 22.5. The molecule has 0 aliphatic carbocycles. The molecule has 0 saturated heterocycles. The third-order valence-electron chi connectivity index (χ3n) is 4.38. The van der Waals surface area contributed by atoms with E-state index in [1.54, 1.807) is 7.11 Å². The van der Waals surface area contributed by atoms with Crippen molar-refractivity contribution in [2.24, 2.45) is 0 Å². The Morgan fingerprint density at radius 3 is 2.55 bits per heavy atom. The van der Waals surface area contributed by atoms with Crippen molar-refractivity contribution in [2.75, 3.05) is 19.0 Å². The predicted octanol–water partition coefficient (Wildman–Crippen LogP) is 4.43. The van der Waals surface area contributed by atoms with Crippen LogP contribution >= 0.6 is 0 Å². The van der Waals surface area contributed by atoms with E-state index in [-0.39, 0.29) is 29.5 Å². The lowest BCUT2D eigenvalue weighted by Crippen LogP contribution is -2.21. The van der Waals surface area contributed by atoms with Crippen LogP contribution in [0.1, 0.15) is 23.6 Å². The summed E-state index contributed by atoms with van der Waals surface area (Å²) in [5.41, 5.74) is -0.208. The number of halogens is 4. The molecule has 0 bridgehead atoms. The van der Waals surface area contributed by atoms with Gasteiger partial charge in [-0.25, -0.2) is 9.37 Å². The second kappa shape index (κ2) is 9.29. The lowest BCUT2D eigenvalue weighted by atomic mass is 10.1. The number of anilines is 1. The third kappa shape index (κ3) is 5.48. The summed E-state index contributed by atoms with van der Waals surface area (Å²) >= 11 is 0. The average Bonchev–Trinajstić information content (AvgIpc) is 3.21. The molecule has 31 heavy (non-hydrogen) atoms. The Kier molecular flexibility index (Phi) is 6.74. The number of nitrogens with zero attached hydrogens (tertiary/aromatic N) is 4. The van der Waals surface area contributed by atoms with E-state index in [1.807, 2.05) is 6.92 Å². The Morgan fingerprint density at radius 1 is 1.19 bits per heavy atom. The Labute approximate surface area is 176 Å². The van der Waals surface area contributed by atoms with Crippen molar-refractivity contribution in [3.05, 3.63) is 59.3 Å². The summed E-state index contributed by atoms with van der Waals surface area (Å²) in [7, 11) is 1.55. The molecule has 0 amide bonds. The molecule has 0 aliphatic rings. The van der Waals surface area contributed by atoms with Crippen LogP contribution in [0.3, 0.4) is 0 Å². The van der Waals surface area contributed by atoms with Gasteiger partial charge in [0.25, 0.3) is 0 Å². The van der Waals surface area contributed by atoms with Crippen molar-refractivity contribution in [3.8, 4) is 11.6 Å². The van der Waals surface area contributed by atoms with Crippen LogP contribution in [0.5, 0.6) is 11.6 Å². The number of pyridine rings is 1. The van der Waals surface area contributed by atoms with Gasteiger partial charge >= 0.3 is 6.18 Å². The van der Waals surface area contributed by atoms with E-state index >= 15 is 0 Å². The fraction of sp³-hybridized carbons (Fsp3) is 0.350. The Balaban J connectivity index is 1.88. The van der Waals surface area contributed by atoms with Gasteiger partial charge in [0.05, 0.1) is 25.5 Å². The largest absolute Gasteiger partial charge is 0.435 e. The zero-order chi connectivity index (χ0) is 22.6. The highest BCUT2D eigenvalue weighted by atomic mass is 19.4. The number of benzene rings is 1. The summed E-state index contributed by atoms with van der Waals surface area (Å²) in [4.78, 5) is 5.00. The second-order valence-electron chi connectivity index (χ2n) is 6.91. The summed E-state index contributed by atoms with van der Waals surface area (Å²) in [5, 5.41) is 10.8. The molecule has 2 heterocycles. The van der Waals surface area contributed by atoms with Crippen LogP contribution in [-0.2, 0) is 17.5 Å². The summed E-state index contributed by atoms with van der Waals surface area (Å²) in [6.07, 6.45) is -0.718. The number of aromatic nitrogens is 4. The van der Waals surface area contributed by atoms with Crippen molar-refractivity contribution >= 4 is 5.69 Å². The van der Waals surface area contributed by atoms with Crippen LogP contribution < -0.4 is 10.1 Å². The normalized spacial score (nSPS) is 12.6. The van der Waals surface area contributed by atoms with Gasteiger partial charge in [0, 0.05) is 30.6 Å². The molecule has 0 radical (unpaired) electrons. The number of methoxy groups -OCH3 is 1. The third-order valence-corrected chi connectivity index (χ3v) is 4.38. The van der Waals surface area contributed by atoms with Gasteiger partial charge in [-0.2, -0.15) is 28.2 Å². The highest BCUT2D eigenvalue weighted by Gasteiger charge is 2.36. The molecule has 0 saturated carbocycles. The van der Waals surface area contributed by atoms with Crippen LogP contribution in [-0.4, -0.2) is 39.7 Å². The van der Waals surface area contributed by atoms with Crippen molar-refractivity contribution in [1.29, 1.82) is 0 Å². The maximum absolute atomic E-state index is 14.8. The van der Waals surface area contributed by atoms with E-state index in [0.717, 1.165) is 6.07 Å². The predicted molar refractivity (Wildman–Crippen MR) is 105 cm³/mol. The van der Waals surface area contributed by atoms with Crippen molar-refractivity contribution in [3.63, 3.8) is 0 Å². The molecule has 3 rings (SSSR count). The molecule has 166 valence electrons. The molecule has 0 unspecified atom stereocenters. The molecule has 0 spiro atoms. The zero-order valence-corrected chi connectivity index (χ0v) is 17.1. The van der Waals surface area contributed by atoms with Gasteiger partial charge in [0.2, 0.25) is 5.88 Å². The van der Waals surface area contributed by atoms with E-state index in [4.69, 9.17) is 9.47 Å². The highest BCUT2D eigenvalue weighted by Crippen LogP contribution is 2.38. The molecule has 11 heteroatoms. The van der Waals surface area contributed by atoms with Crippen molar-refractivity contribution < 1.29 is 27.0 Å². The fourth-order valence-electron chi connectivity index (χ4n) is 2.91. The van der Waals surface area contributed by atoms with E-state index in [0.29, 0.717) is 12.3 Å². The molecule has 0 aliphatic heterocycles. The average molecular weight is 439 g/mol. The van der Waals surface area contributed by atoms with E-state index in [9.17, 15) is 17.6 Å². The first-order valence-electron chi connectivity index (χ1n) is 9.31. The number of hydrogen-bond acceptors (Lipinski definition) is 6. The Morgan fingerprint density at radius 2 is 1.90 bits per heavy atom. The minimum atomic E-state index is -4.75. The Bertz CT molecular complexity index is 1030. The van der Waals surface area contributed by atoms with Gasteiger partial charge in [0.15, 0.2) is 11.6 Å². The molecule has 2 aromatic heterocycles. The maximum Gasteiger partial charge on any atom is 0.421 e. The molecular formula is C20H21F4N5O2. The smallest absolute Gasteiger partial charge is 0.421 e. The molecule has 1 N–H and O–H groups in total. The van der Waals surface area contributed by atoms with Crippen LogP contribution in [0, 0.1) is 12.7 Å². The van der Waals surface area contributed by atoms with Gasteiger partial charge in [-0.15, -0.1) is 0 Å². The topological polar surface area (TPSA) is 74.1 Å². The lowest BCUT2D eigenvalue weighted by Gasteiger charge is -2.18. The van der Waals surface area contributed by atoms with Crippen LogP contribution in [0.4, 0.5) is 23.2 Å². The standard InChI is InChI=1S/C20H21F4N5O2/c1-12(11-30-3)28-16-4-5-17(18(21)13(16)2)31-19-15(20(22,23)24)8-14(9-25-19)10-29-26-6-7-27-29/h4-9,12,28H,10-11H2,1-3H3/t12-/m0/s1. The first-order valence-corrected chi connectivity index (χ1v) is 9.31. The van der Waals surface area contributed by atoms with Gasteiger partial charge in [0.1, 0.15) is 5.56 Å². The fourth-order valence-corrected chi connectivity index (χ4v) is 2.91. The maximum atomic E-state index is 14.8. The number of rotatable bonds is 8. The Hall–Kier alpha value is -3.21. The van der Waals surface area contributed by atoms with E-state index in [1.165, 1.54) is 42.4 Å². The summed E-state index contributed by atoms with van der Waals surface area (Å²) in [6, 6.07) is 3.59. The zero-order valence-electron chi connectivity index (χ0n) is 17.1. The molecule has 1 aromatic carbocycles. The minimum absolute atomic E-state index is 0.00312. The van der Waals surface area contributed by atoms with Gasteiger partial charge in [-0.1, -0.05) is 0 Å². The van der Waals surface area contributed by atoms with Crippen molar-refractivity contribution in [2.45, 2.75) is 32.6 Å². The van der Waals surface area contributed by atoms with Crippen LogP contribution in [0.2, 0.25) is 0 Å². The first-order chi connectivity index (χ1) is 14.7. The van der Waals surface area contributed by atoms with E-state index < -0.39 is 23.4 Å². The van der Waals surface area contributed by atoms with Gasteiger partial charge in [-0.3, -0.25) is 0 Å². The van der Waals surface area contributed by atoms with Gasteiger partial charge < -0.3 is 14.8 Å². The minimum Gasteiger partial charge on any atom is -0.435 e. The van der Waals surface area contributed by atoms with Crippen LogP contribution in [0.25, 0.3) is 0 Å². The molecule has 7 nitrogen and oxygen atoms in total. The summed E-state index contributed by atoms with van der Waals surface area (Å²) in [6.45, 7) is 3.75. The van der Waals surface area contributed by atoms with Gasteiger partial charge in [-0.05, 0) is 37.6 Å². The molecule has 1 atom stereocenters. The number of nitrogens with one attached hydrogen (secondary N) is 1. The van der Waals surface area contributed by atoms with E-state index in [2.05, 4.69) is 20.5 Å². The highest BCUT2D eigenvalue weighted by molar-refractivity contribution is 5.55. The number of hydrogen-bond donors (Lipinski definition) is 1. The molecule has 0 fully saturated rings. The number of alkyl halides is 3. The number of ether oxygens (including phenoxy) is 2. The monoisotopic (exact) mass is 439 g/mol. The lowest BCUT2D eigenvalue weighted by molar-refractivity contribution is -0.139. The second-order valence-corrected chi connectivity index (χ2v) is 6.91. The SMILES string of the molecule is COC[C@H](C)Nc1ccc(Oc2ncc(Cn3nccn3)cc2C(F)(F)F)c(F)c1C. The van der Waals surface area contributed by atoms with Crippen molar-refractivity contribution in [1.82, 2.24) is 20.0 Å². The quantitative estimate of drug-likeness (QED) is 0.524. The van der Waals surface area contributed by atoms with Crippen LogP contribution in [0.15, 0.2) is 36.8 Å². The molecular weight excluding hydrogens is 418 g/mol.